The van der Waals surface area contributed by atoms with Crippen molar-refractivity contribution in [3.63, 3.8) is 0 Å². The minimum absolute atomic E-state index is 0.131. The number of para-hydroxylation sites is 1. The van der Waals surface area contributed by atoms with Crippen LogP contribution >= 0.6 is 11.3 Å². The third-order valence-corrected chi connectivity index (χ3v) is 6.42. The largest absolute Gasteiger partial charge is 0.405 e. The van der Waals surface area contributed by atoms with Crippen molar-refractivity contribution in [1.29, 1.82) is 0 Å². The molecule has 0 aliphatic heterocycles. The number of alkyl halides is 4. The molecule has 0 bridgehead atoms. The molecule has 1 saturated carbocycles. The molecule has 0 saturated heterocycles. The molecule has 4 rings (SSSR count). The number of rotatable bonds is 6. The van der Waals surface area contributed by atoms with Crippen LogP contribution in [0, 0.1) is 12.8 Å². The molecule has 3 aromatic rings. The van der Waals surface area contributed by atoms with Crippen LogP contribution in [0.1, 0.15) is 12.1 Å². The lowest BCUT2D eigenvalue weighted by molar-refractivity contribution is -0.115. The highest BCUT2D eigenvalue weighted by Crippen LogP contribution is 2.38. The van der Waals surface area contributed by atoms with Crippen LogP contribution in [0.4, 0.5) is 29.3 Å². The molecule has 2 aromatic heterocycles. The Morgan fingerprint density at radius 1 is 1.12 bits per heavy atom. The van der Waals surface area contributed by atoms with Gasteiger partial charge in [0.05, 0.1) is 40.3 Å². The number of aromatic nitrogens is 3. The maximum atomic E-state index is 13.2. The van der Waals surface area contributed by atoms with E-state index in [9.17, 15) is 27.8 Å². The Bertz CT molecular complexity index is 1080. The second kappa shape index (κ2) is 8.75. The van der Waals surface area contributed by atoms with Gasteiger partial charge >= 0.3 is 6.18 Å². The molecule has 7 nitrogen and oxygen atoms in total. The van der Waals surface area contributed by atoms with Crippen LogP contribution in [0.3, 0.4) is 0 Å². The first-order valence-corrected chi connectivity index (χ1v) is 10.7. The van der Waals surface area contributed by atoms with Gasteiger partial charge in [0, 0.05) is 5.92 Å². The number of thiazole rings is 1. The maximum Gasteiger partial charge on any atom is 0.405 e. The van der Waals surface area contributed by atoms with E-state index < -0.39 is 43.6 Å². The normalized spacial score (nSPS) is 23.6. The third kappa shape index (κ3) is 4.62. The van der Waals surface area contributed by atoms with Crippen molar-refractivity contribution < 1.29 is 27.8 Å². The topological polar surface area (TPSA) is 103 Å². The Hall–Kier alpha value is -2.57. The van der Waals surface area contributed by atoms with Gasteiger partial charge in [-0.2, -0.15) is 18.2 Å². The summed E-state index contributed by atoms with van der Waals surface area (Å²) in [5.41, 5.74) is 1.58. The summed E-state index contributed by atoms with van der Waals surface area (Å²) in [5, 5.41) is 26.1. The molecule has 1 fully saturated rings. The van der Waals surface area contributed by atoms with E-state index in [4.69, 9.17) is 0 Å². The highest BCUT2D eigenvalue weighted by molar-refractivity contribution is 7.21. The van der Waals surface area contributed by atoms with Crippen LogP contribution < -0.4 is 10.6 Å². The molecule has 0 amide bonds. The Balaban J connectivity index is 1.74. The van der Waals surface area contributed by atoms with E-state index >= 15 is 0 Å². The molecule has 0 spiro atoms. The second-order valence-corrected chi connectivity index (χ2v) is 8.72. The number of aliphatic hydroxyl groups is 2. The minimum atomic E-state index is -4.46. The fourth-order valence-electron chi connectivity index (χ4n) is 3.77. The lowest BCUT2D eigenvalue weighted by atomic mass is 10.1. The summed E-state index contributed by atoms with van der Waals surface area (Å²) in [6.07, 6.45) is -6.85. The summed E-state index contributed by atoms with van der Waals surface area (Å²) in [4.78, 5) is 12.9. The van der Waals surface area contributed by atoms with Crippen LogP contribution in [-0.2, 0) is 0 Å². The standard InChI is InChI=1S/C20H21F4N5O2S/c1-9-14(18-28-11-4-2-3-5-13(11)32-18)17(29-19(26-9)25-8-20(22,23)24)27-12-6-10(7-21)15(30)16(12)31/h2-5,10,12,15-16,30-31H,6-8H2,1H3,(H2,25,26,27,29)/t10-,12-,15-,16+/m1/s1. The molecule has 2 heterocycles. The van der Waals surface area contributed by atoms with Gasteiger partial charge in [-0.1, -0.05) is 12.1 Å². The Kier molecular flexibility index (Phi) is 6.19. The lowest BCUT2D eigenvalue weighted by Crippen LogP contribution is -2.35. The molecule has 1 aromatic carbocycles. The van der Waals surface area contributed by atoms with Crippen molar-refractivity contribution in [1.82, 2.24) is 15.0 Å². The zero-order chi connectivity index (χ0) is 23.0. The summed E-state index contributed by atoms with van der Waals surface area (Å²) in [6.45, 7) is -0.499. The van der Waals surface area contributed by atoms with Crippen molar-refractivity contribution in [2.24, 2.45) is 5.92 Å². The molecule has 12 heteroatoms. The van der Waals surface area contributed by atoms with E-state index in [0.29, 0.717) is 16.3 Å². The number of fused-ring (bicyclic) bond motifs is 1. The quantitative estimate of drug-likeness (QED) is 0.408. The number of aryl methyl sites for hydroxylation is 1. The molecular weight excluding hydrogens is 450 g/mol. The first-order chi connectivity index (χ1) is 15.2. The van der Waals surface area contributed by atoms with Gasteiger partial charge in [-0.15, -0.1) is 11.3 Å². The molecule has 0 unspecified atom stereocenters. The van der Waals surface area contributed by atoms with Crippen molar-refractivity contribution in [3.8, 4) is 10.6 Å². The second-order valence-electron chi connectivity index (χ2n) is 7.69. The molecule has 1 aliphatic rings. The number of hydrogen-bond acceptors (Lipinski definition) is 8. The summed E-state index contributed by atoms with van der Waals surface area (Å²) >= 11 is 1.36. The van der Waals surface area contributed by atoms with Gasteiger partial charge in [0.2, 0.25) is 5.95 Å². The number of anilines is 2. The van der Waals surface area contributed by atoms with Crippen LogP contribution in [-0.4, -0.2) is 62.8 Å². The molecule has 0 radical (unpaired) electrons. The lowest BCUT2D eigenvalue weighted by Gasteiger charge is -2.21. The highest BCUT2D eigenvalue weighted by atomic mass is 32.1. The number of nitrogens with one attached hydrogen (secondary N) is 2. The Morgan fingerprint density at radius 2 is 1.88 bits per heavy atom. The van der Waals surface area contributed by atoms with Gasteiger partial charge in [-0.05, 0) is 25.5 Å². The van der Waals surface area contributed by atoms with Gasteiger partial charge in [-0.3, -0.25) is 4.39 Å². The number of halogens is 4. The van der Waals surface area contributed by atoms with E-state index in [2.05, 4.69) is 25.6 Å². The summed E-state index contributed by atoms with van der Waals surface area (Å²) in [7, 11) is 0. The first kappa shape index (κ1) is 22.6. The number of benzene rings is 1. The SMILES string of the molecule is Cc1nc(NCC(F)(F)F)nc(N[C@@H]2C[C@H](CF)[C@@H](O)[C@H]2O)c1-c1nc2ccccc2s1. The van der Waals surface area contributed by atoms with Gasteiger partial charge in [-0.25, -0.2) is 9.97 Å². The Morgan fingerprint density at radius 3 is 2.53 bits per heavy atom. The third-order valence-electron chi connectivity index (χ3n) is 5.37. The summed E-state index contributed by atoms with van der Waals surface area (Å²) < 4.78 is 52.1. The van der Waals surface area contributed by atoms with Crippen molar-refractivity contribution in [2.45, 2.75) is 37.8 Å². The molecule has 1 aliphatic carbocycles. The van der Waals surface area contributed by atoms with E-state index in [1.54, 1.807) is 6.92 Å². The van der Waals surface area contributed by atoms with Crippen LogP contribution in [0.25, 0.3) is 20.8 Å². The zero-order valence-electron chi connectivity index (χ0n) is 16.9. The van der Waals surface area contributed by atoms with Crippen LogP contribution in [0.15, 0.2) is 24.3 Å². The van der Waals surface area contributed by atoms with E-state index in [-0.39, 0.29) is 18.2 Å². The molecule has 4 atom stereocenters. The van der Waals surface area contributed by atoms with Crippen molar-refractivity contribution in [2.75, 3.05) is 23.9 Å². The first-order valence-electron chi connectivity index (χ1n) is 9.90. The molecule has 4 N–H and O–H groups in total. The number of nitrogens with zero attached hydrogens (tertiary/aromatic N) is 3. The fourth-order valence-corrected chi connectivity index (χ4v) is 4.83. The predicted octanol–water partition coefficient (Wildman–Crippen LogP) is 3.53. The summed E-state index contributed by atoms with van der Waals surface area (Å²) in [5.74, 6) is -0.849. The van der Waals surface area contributed by atoms with Gasteiger partial charge in [0.25, 0.3) is 0 Å². The molecular formula is C20H21F4N5O2S. The van der Waals surface area contributed by atoms with Crippen LogP contribution in [0.5, 0.6) is 0 Å². The van der Waals surface area contributed by atoms with Gasteiger partial charge in [0.15, 0.2) is 0 Å². The fraction of sp³-hybridized carbons (Fsp3) is 0.450. The zero-order valence-corrected chi connectivity index (χ0v) is 17.7. The van der Waals surface area contributed by atoms with E-state index in [1.807, 2.05) is 24.3 Å². The monoisotopic (exact) mass is 471 g/mol. The minimum Gasteiger partial charge on any atom is -0.390 e. The summed E-state index contributed by atoms with van der Waals surface area (Å²) in [6, 6.07) is 6.68. The Labute approximate surface area is 184 Å². The van der Waals surface area contributed by atoms with Crippen LogP contribution in [0.2, 0.25) is 0 Å². The number of aliphatic hydroxyl groups excluding tert-OH is 2. The average Bonchev–Trinajstić information content (AvgIpc) is 3.27. The van der Waals surface area contributed by atoms with E-state index in [1.165, 1.54) is 11.3 Å². The number of hydrogen-bond donors (Lipinski definition) is 4. The average molecular weight is 471 g/mol. The molecule has 32 heavy (non-hydrogen) atoms. The van der Waals surface area contributed by atoms with E-state index in [0.717, 1.165) is 10.2 Å². The smallest absolute Gasteiger partial charge is 0.390 e. The predicted molar refractivity (Wildman–Crippen MR) is 113 cm³/mol. The van der Waals surface area contributed by atoms with Gasteiger partial charge < -0.3 is 20.8 Å². The molecule has 172 valence electrons. The van der Waals surface area contributed by atoms with Gasteiger partial charge in [0.1, 0.15) is 23.5 Å². The van der Waals surface area contributed by atoms with Crippen molar-refractivity contribution in [3.05, 3.63) is 30.0 Å². The highest BCUT2D eigenvalue weighted by Gasteiger charge is 2.42. The van der Waals surface area contributed by atoms with Crippen molar-refractivity contribution >= 4 is 33.3 Å². The maximum absolute atomic E-state index is 13.2.